The lowest BCUT2D eigenvalue weighted by atomic mass is 10.2. The Morgan fingerprint density at radius 2 is 2.00 bits per heavy atom. The van der Waals surface area contributed by atoms with Gasteiger partial charge in [-0.2, -0.15) is 0 Å². The molecule has 0 spiro atoms. The second-order valence-corrected chi connectivity index (χ2v) is 4.24. The van der Waals surface area contributed by atoms with Crippen molar-refractivity contribution in [3.8, 4) is 0 Å². The van der Waals surface area contributed by atoms with Gasteiger partial charge in [-0.15, -0.1) is 0 Å². The van der Waals surface area contributed by atoms with E-state index >= 15 is 0 Å². The lowest BCUT2D eigenvalue weighted by Gasteiger charge is -2.22. The molecule has 106 valence electrons. The van der Waals surface area contributed by atoms with Crippen LogP contribution in [0.4, 0.5) is 5.69 Å². The summed E-state index contributed by atoms with van der Waals surface area (Å²) >= 11 is 0. The highest BCUT2D eigenvalue weighted by atomic mass is 16.5. The lowest BCUT2D eigenvalue weighted by Crippen LogP contribution is -2.25. The normalized spacial score (nSPS) is 10.3. The van der Waals surface area contributed by atoms with Gasteiger partial charge in [0, 0.05) is 12.2 Å². The van der Waals surface area contributed by atoms with E-state index in [0.29, 0.717) is 18.8 Å². The van der Waals surface area contributed by atoms with E-state index in [4.69, 9.17) is 9.52 Å². The van der Waals surface area contributed by atoms with Crippen molar-refractivity contribution in [1.82, 2.24) is 0 Å². The average molecular weight is 275 g/mol. The molecule has 0 atom stereocenters. The van der Waals surface area contributed by atoms with Crippen molar-refractivity contribution in [1.29, 1.82) is 0 Å². The Bertz CT molecular complexity index is 550. The predicted molar refractivity (Wildman–Crippen MR) is 74.6 cm³/mol. The number of carbonyl (C=O) groups is 1. The Balaban J connectivity index is 2.12. The molecule has 1 aromatic heterocycles. The van der Waals surface area contributed by atoms with Crippen LogP contribution in [0.15, 0.2) is 46.9 Å². The average Bonchev–Trinajstić information content (AvgIpc) is 2.95. The summed E-state index contributed by atoms with van der Waals surface area (Å²) in [5.41, 5.74) is 0.984. The van der Waals surface area contributed by atoms with Gasteiger partial charge >= 0.3 is 5.97 Å². The SMILES string of the molecule is COC(=O)c1ccc(CN(CCO)c2ccccc2)o1. The highest BCUT2D eigenvalue weighted by molar-refractivity contribution is 5.86. The molecular weight excluding hydrogens is 258 g/mol. The minimum atomic E-state index is -0.496. The summed E-state index contributed by atoms with van der Waals surface area (Å²) in [5.74, 6) is 0.326. The fourth-order valence-corrected chi connectivity index (χ4v) is 1.92. The van der Waals surface area contributed by atoms with E-state index in [0.717, 1.165) is 5.69 Å². The summed E-state index contributed by atoms with van der Waals surface area (Å²) in [6.45, 7) is 0.999. The number of aliphatic hydroxyl groups is 1. The zero-order valence-electron chi connectivity index (χ0n) is 11.3. The molecule has 20 heavy (non-hydrogen) atoms. The Kier molecular flexibility index (Phi) is 4.79. The standard InChI is InChI=1S/C15H17NO4/c1-19-15(18)14-8-7-13(20-14)11-16(9-10-17)12-5-3-2-4-6-12/h2-8,17H,9-11H2,1H3. The molecule has 0 aliphatic heterocycles. The van der Waals surface area contributed by atoms with Crippen LogP contribution in [0.5, 0.6) is 0 Å². The first-order valence-electron chi connectivity index (χ1n) is 6.32. The van der Waals surface area contributed by atoms with E-state index < -0.39 is 5.97 Å². The molecule has 1 N–H and O–H groups in total. The number of nitrogens with zero attached hydrogens (tertiary/aromatic N) is 1. The minimum Gasteiger partial charge on any atom is -0.463 e. The smallest absolute Gasteiger partial charge is 0.373 e. The highest BCUT2D eigenvalue weighted by Crippen LogP contribution is 2.18. The summed E-state index contributed by atoms with van der Waals surface area (Å²) < 4.78 is 10.0. The molecule has 2 rings (SSSR count). The Morgan fingerprint density at radius 3 is 2.65 bits per heavy atom. The van der Waals surface area contributed by atoms with Crippen LogP contribution < -0.4 is 4.90 Å². The molecular formula is C15H17NO4. The van der Waals surface area contributed by atoms with Gasteiger partial charge in [0.05, 0.1) is 20.3 Å². The monoisotopic (exact) mass is 275 g/mol. The van der Waals surface area contributed by atoms with Crippen LogP contribution in [0, 0.1) is 0 Å². The van der Waals surface area contributed by atoms with Crippen LogP contribution in [-0.4, -0.2) is 31.3 Å². The summed E-state index contributed by atoms with van der Waals surface area (Å²) in [5, 5.41) is 9.16. The van der Waals surface area contributed by atoms with Crippen molar-refractivity contribution in [2.24, 2.45) is 0 Å². The summed E-state index contributed by atoms with van der Waals surface area (Å²) in [6.07, 6.45) is 0. The molecule has 0 saturated heterocycles. The number of furan rings is 1. The summed E-state index contributed by atoms with van der Waals surface area (Å²) in [4.78, 5) is 13.3. The molecule has 0 unspecified atom stereocenters. The minimum absolute atomic E-state index is 0.0411. The third-order valence-corrected chi connectivity index (χ3v) is 2.89. The predicted octanol–water partition coefficient (Wildman–Crippen LogP) is 2.07. The summed E-state index contributed by atoms with van der Waals surface area (Å²) in [7, 11) is 1.31. The maximum absolute atomic E-state index is 11.3. The maximum Gasteiger partial charge on any atom is 0.373 e. The van der Waals surface area contributed by atoms with E-state index in [9.17, 15) is 4.79 Å². The third kappa shape index (κ3) is 3.39. The molecule has 5 nitrogen and oxygen atoms in total. The van der Waals surface area contributed by atoms with Crippen molar-refractivity contribution in [2.75, 3.05) is 25.2 Å². The Morgan fingerprint density at radius 1 is 1.25 bits per heavy atom. The van der Waals surface area contributed by atoms with Crippen molar-refractivity contribution < 1.29 is 19.1 Å². The second-order valence-electron chi connectivity index (χ2n) is 4.24. The molecule has 0 bridgehead atoms. The Hall–Kier alpha value is -2.27. The van der Waals surface area contributed by atoms with Gasteiger partial charge in [-0.25, -0.2) is 4.79 Å². The van der Waals surface area contributed by atoms with E-state index in [2.05, 4.69) is 4.74 Å². The molecule has 0 saturated carbocycles. The van der Waals surface area contributed by atoms with Crippen LogP contribution in [-0.2, 0) is 11.3 Å². The molecule has 5 heteroatoms. The van der Waals surface area contributed by atoms with Gasteiger partial charge in [0.15, 0.2) is 0 Å². The van der Waals surface area contributed by atoms with Gasteiger partial charge < -0.3 is 19.2 Å². The number of esters is 1. The molecule has 0 aliphatic carbocycles. The first-order chi connectivity index (χ1) is 9.74. The number of methoxy groups -OCH3 is 1. The fourth-order valence-electron chi connectivity index (χ4n) is 1.92. The van der Waals surface area contributed by atoms with E-state index in [1.165, 1.54) is 7.11 Å². The van der Waals surface area contributed by atoms with Gasteiger partial charge in [-0.05, 0) is 24.3 Å². The van der Waals surface area contributed by atoms with E-state index in [-0.39, 0.29) is 12.4 Å². The van der Waals surface area contributed by atoms with Crippen LogP contribution in [0.3, 0.4) is 0 Å². The quantitative estimate of drug-likeness (QED) is 0.818. The van der Waals surface area contributed by atoms with Crippen molar-refractivity contribution >= 4 is 11.7 Å². The molecule has 0 aliphatic rings. The fraction of sp³-hybridized carbons (Fsp3) is 0.267. The van der Waals surface area contributed by atoms with Crippen LogP contribution in [0.1, 0.15) is 16.3 Å². The zero-order valence-corrected chi connectivity index (χ0v) is 11.3. The maximum atomic E-state index is 11.3. The van der Waals surface area contributed by atoms with Gasteiger partial charge in [0.1, 0.15) is 5.76 Å². The van der Waals surface area contributed by atoms with E-state index in [1.807, 2.05) is 35.2 Å². The van der Waals surface area contributed by atoms with Crippen LogP contribution in [0.2, 0.25) is 0 Å². The number of carbonyl (C=O) groups excluding carboxylic acids is 1. The number of hydrogen-bond acceptors (Lipinski definition) is 5. The molecule has 1 heterocycles. The molecule has 0 radical (unpaired) electrons. The number of rotatable bonds is 6. The van der Waals surface area contributed by atoms with Crippen LogP contribution >= 0.6 is 0 Å². The van der Waals surface area contributed by atoms with Crippen molar-refractivity contribution in [2.45, 2.75) is 6.54 Å². The molecule has 2 aromatic rings. The number of ether oxygens (including phenoxy) is 1. The summed E-state index contributed by atoms with van der Waals surface area (Å²) in [6, 6.07) is 13.0. The van der Waals surface area contributed by atoms with Gasteiger partial charge in [0.25, 0.3) is 0 Å². The number of benzene rings is 1. The van der Waals surface area contributed by atoms with Crippen LogP contribution in [0.25, 0.3) is 0 Å². The Labute approximate surface area is 117 Å². The second kappa shape index (κ2) is 6.77. The zero-order chi connectivity index (χ0) is 14.4. The van der Waals surface area contributed by atoms with Gasteiger partial charge in [-0.3, -0.25) is 0 Å². The van der Waals surface area contributed by atoms with Gasteiger partial charge in [-0.1, -0.05) is 18.2 Å². The molecule has 0 fully saturated rings. The van der Waals surface area contributed by atoms with Gasteiger partial charge in [0.2, 0.25) is 5.76 Å². The highest BCUT2D eigenvalue weighted by Gasteiger charge is 2.13. The van der Waals surface area contributed by atoms with Crippen molar-refractivity contribution in [3.63, 3.8) is 0 Å². The lowest BCUT2D eigenvalue weighted by molar-refractivity contribution is 0.0563. The first-order valence-corrected chi connectivity index (χ1v) is 6.32. The van der Waals surface area contributed by atoms with E-state index in [1.54, 1.807) is 12.1 Å². The van der Waals surface area contributed by atoms with Crippen molar-refractivity contribution in [3.05, 3.63) is 54.0 Å². The number of anilines is 1. The number of aliphatic hydroxyl groups excluding tert-OH is 1. The largest absolute Gasteiger partial charge is 0.463 e. The number of hydrogen-bond donors (Lipinski definition) is 1. The topological polar surface area (TPSA) is 62.9 Å². The number of para-hydroxylation sites is 1. The first kappa shape index (κ1) is 14.1. The molecule has 0 amide bonds. The third-order valence-electron chi connectivity index (χ3n) is 2.89. The molecule has 1 aromatic carbocycles.